The Hall–Kier alpha value is -2.04. The minimum absolute atomic E-state index is 0.0196. The first kappa shape index (κ1) is 19.3. The van der Waals surface area contributed by atoms with E-state index in [2.05, 4.69) is 5.32 Å². The van der Waals surface area contributed by atoms with Gasteiger partial charge in [-0.15, -0.1) is 0 Å². The van der Waals surface area contributed by atoms with Gasteiger partial charge in [0.1, 0.15) is 0 Å². The van der Waals surface area contributed by atoms with Gasteiger partial charge in [-0.2, -0.15) is 0 Å². The lowest BCUT2D eigenvalue weighted by Crippen LogP contribution is -2.53. The highest BCUT2D eigenvalue weighted by atomic mass is 16.2. The fourth-order valence-electron chi connectivity index (χ4n) is 3.51. The third-order valence-corrected chi connectivity index (χ3v) is 4.82. The summed E-state index contributed by atoms with van der Waals surface area (Å²) in [6.45, 7) is 11.5. The van der Waals surface area contributed by atoms with Gasteiger partial charge in [-0.05, 0) is 59.1 Å². The van der Waals surface area contributed by atoms with Crippen molar-refractivity contribution in [1.82, 2.24) is 15.1 Å². The predicted octanol–water partition coefficient (Wildman–Crippen LogP) is 3.43. The van der Waals surface area contributed by atoms with Gasteiger partial charge in [0.25, 0.3) is 5.91 Å². The molecular weight excluding hydrogens is 314 g/mol. The molecule has 1 aliphatic heterocycles. The topological polar surface area (TPSA) is 52.7 Å². The summed E-state index contributed by atoms with van der Waals surface area (Å²) in [5.74, 6) is -0.0196. The number of benzene rings is 1. The number of hydrogen-bond donors (Lipinski definition) is 1. The van der Waals surface area contributed by atoms with Crippen molar-refractivity contribution in [3.8, 4) is 0 Å². The molecule has 0 spiro atoms. The minimum Gasteiger partial charge on any atom is -0.349 e. The molecule has 0 unspecified atom stereocenters. The van der Waals surface area contributed by atoms with Crippen LogP contribution in [0.4, 0.5) is 4.79 Å². The van der Waals surface area contributed by atoms with E-state index in [1.165, 1.54) is 0 Å². The fraction of sp³-hybridized carbons (Fsp3) is 0.600. The van der Waals surface area contributed by atoms with Crippen molar-refractivity contribution in [3.05, 3.63) is 35.4 Å². The predicted molar refractivity (Wildman–Crippen MR) is 101 cm³/mol. The molecule has 1 N–H and O–H groups in total. The Morgan fingerprint density at radius 2 is 1.64 bits per heavy atom. The Bertz CT molecular complexity index is 597. The third-order valence-electron chi connectivity index (χ3n) is 4.82. The Morgan fingerprint density at radius 3 is 2.16 bits per heavy atom. The van der Waals surface area contributed by atoms with Gasteiger partial charge in [0.05, 0.1) is 0 Å². The molecule has 0 aromatic heterocycles. The van der Waals surface area contributed by atoms with Crippen molar-refractivity contribution in [1.29, 1.82) is 0 Å². The second kappa shape index (κ2) is 8.37. The summed E-state index contributed by atoms with van der Waals surface area (Å²) in [6, 6.07) is 8.23. The summed E-state index contributed by atoms with van der Waals surface area (Å²) in [4.78, 5) is 29.0. The van der Waals surface area contributed by atoms with Crippen LogP contribution in [-0.2, 0) is 0 Å². The number of rotatable bonds is 4. The highest BCUT2D eigenvalue weighted by molar-refractivity contribution is 5.95. The van der Waals surface area contributed by atoms with E-state index in [0.29, 0.717) is 13.1 Å². The standard InChI is InChI=1S/C20H31N3O2/c1-14(2)23(15(3)4)20(25)22-12-10-17(11-13-22)21-19(24)18-9-7-6-8-16(18)5/h6-9,14-15,17H,10-13H2,1-5H3,(H,21,24). The molecule has 0 radical (unpaired) electrons. The van der Waals surface area contributed by atoms with Crippen LogP contribution in [-0.4, -0.2) is 53.0 Å². The van der Waals surface area contributed by atoms with Gasteiger partial charge in [0.2, 0.25) is 0 Å². The van der Waals surface area contributed by atoms with Crippen molar-refractivity contribution in [2.75, 3.05) is 13.1 Å². The van der Waals surface area contributed by atoms with Gasteiger partial charge < -0.3 is 15.1 Å². The van der Waals surface area contributed by atoms with Gasteiger partial charge in [0.15, 0.2) is 0 Å². The molecule has 0 aliphatic carbocycles. The molecule has 2 rings (SSSR count). The maximum absolute atomic E-state index is 12.7. The van der Waals surface area contributed by atoms with E-state index < -0.39 is 0 Å². The van der Waals surface area contributed by atoms with Crippen LogP contribution in [0.1, 0.15) is 56.5 Å². The monoisotopic (exact) mass is 345 g/mol. The highest BCUT2D eigenvalue weighted by Crippen LogP contribution is 2.17. The lowest BCUT2D eigenvalue weighted by molar-refractivity contribution is 0.0898. The Labute approximate surface area is 151 Å². The van der Waals surface area contributed by atoms with Crippen molar-refractivity contribution >= 4 is 11.9 Å². The second-order valence-electron chi connectivity index (χ2n) is 7.43. The molecule has 5 heteroatoms. The van der Waals surface area contributed by atoms with Gasteiger partial charge in [-0.1, -0.05) is 18.2 Å². The lowest BCUT2D eigenvalue weighted by Gasteiger charge is -2.39. The smallest absolute Gasteiger partial charge is 0.320 e. The molecule has 1 aliphatic rings. The Balaban J connectivity index is 1.90. The van der Waals surface area contributed by atoms with Gasteiger partial charge >= 0.3 is 6.03 Å². The molecule has 1 aromatic rings. The summed E-state index contributed by atoms with van der Waals surface area (Å²) in [5, 5.41) is 3.12. The number of nitrogens with one attached hydrogen (secondary N) is 1. The maximum Gasteiger partial charge on any atom is 0.320 e. The molecule has 1 fully saturated rings. The van der Waals surface area contributed by atoms with Crippen LogP contribution in [0.25, 0.3) is 0 Å². The van der Waals surface area contributed by atoms with E-state index in [-0.39, 0.29) is 30.1 Å². The molecular formula is C20H31N3O2. The second-order valence-corrected chi connectivity index (χ2v) is 7.43. The van der Waals surface area contributed by atoms with Crippen molar-refractivity contribution in [3.63, 3.8) is 0 Å². The van der Waals surface area contributed by atoms with E-state index in [9.17, 15) is 9.59 Å². The molecule has 0 atom stereocenters. The maximum atomic E-state index is 12.7. The largest absolute Gasteiger partial charge is 0.349 e. The summed E-state index contributed by atoms with van der Waals surface area (Å²) in [6.07, 6.45) is 1.60. The number of likely N-dealkylation sites (tertiary alicyclic amines) is 1. The number of aryl methyl sites for hydroxylation is 1. The highest BCUT2D eigenvalue weighted by Gasteiger charge is 2.29. The third kappa shape index (κ3) is 4.74. The first-order chi connectivity index (χ1) is 11.8. The SMILES string of the molecule is Cc1ccccc1C(=O)NC1CCN(C(=O)N(C(C)C)C(C)C)CC1. The van der Waals surface area contributed by atoms with Gasteiger partial charge in [-0.3, -0.25) is 4.79 Å². The number of amides is 3. The van der Waals surface area contributed by atoms with Crippen molar-refractivity contribution < 1.29 is 9.59 Å². The Kier molecular flexibility index (Phi) is 6.45. The molecule has 138 valence electrons. The molecule has 0 bridgehead atoms. The average Bonchev–Trinajstić information content (AvgIpc) is 2.55. The van der Waals surface area contributed by atoms with Crippen LogP contribution in [0, 0.1) is 6.92 Å². The van der Waals surface area contributed by atoms with E-state index in [1.807, 2.05) is 68.7 Å². The number of urea groups is 1. The first-order valence-electron chi connectivity index (χ1n) is 9.25. The normalized spacial score (nSPS) is 15.6. The zero-order chi connectivity index (χ0) is 18.6. The van der Waals surface area contributed by atoms with Gasteiger partial charge in [-0.25, -0.2) is 4.79 Å². The number of hydrogen-bond acceptors (Lipinski definition) is 2. The number of nitrogens with zero attached hydrogens (tertiary/aromatic N) is 2. The average molecular weight is 345 g/mol. The summed E-state index contributed by atoms with van der Waals surface area (Å²) in [7, 11) is 0. The van der Waals surface area contributed by atoms with Crippen LogP contribution in [0.5, 0.6) is 0 Å². The first-order valence-corrected chi connectivity index (χ1v) is 9.25. The fourth-order valence-corrected chi connectivity index (χ4v) is 3.51. The molecule has 1 heterocycles. The van der Waals surface area contributed by atoms with Crippen molar-refractivity contribution in [2.45, 2.75) is 65.6 Å². The van der Waals surface area contributed by atoms with Crippen LogP contribution >= 0.6 is 0 Å². The van der Waals surface area contributed by atoms with E-state index in [0.717, 1.165) is 24.0 Å². The molecule has 0 saturated carbocycles. The molecule has 5 nitrogen and oxygen atoms in total. The molecule has 1 saturated heterocycles. The minimum atomic E-state index is -0.0196. The van der Waals surface area contributed by atoms with E-state index >= 15 is 0 Å². The van der Waals surface area contributed by atoms with E-state index in [1.54, 1.807) is 0 Å². The summed E-state index contributed by atoms with van der Waals surface area (Å²) < 4.78 is 0. The van der Waals surface area contributed by atoms with Crippen molar-refractivity contribution in [2.24, 2.45) is 0 Å². The number of piperidine rings is 1. The van der Waals surface area contributed by atoms with Gasteiger partial charge in [0, 0.05) is 36.8 Å². The van der Waals surface area contributed by atoms with Crippen LogP contribution < -0.4 is 5.32 Å². The zero-order valence-corrected chi connectivity index (χ0v) is 16.1. The zero-order valence-electron chi connectivity index (χ0n) is 16.1. The number of carbonyl (C=O) groups excluding carboxylic acids is 2. The lowest BCUT2D eigenvalue weighted by atomic mass is 10.0. The Morgan fingerprint density at radius 1 is 1.08 bits per heavy atom. The molecule has 3 amide bonds. The summed E-state index contributed by atoms with van der Waals surface area (Å²) >= 11 is 0. The van der Waals surface area contributed by atoms with E-state index in [4.69, 9.17) is 0 Å². The van der Waals surface area contributed by atoms with Crippen LogP contribution in [0.3, 0.4) is 0 Å². The van der Waals surface area contributed by atoms with Crippen LogP contribution in [0.2, 0.25) is 0 Å². The number of carbonyl (C=O) groups is 2. The quantitative estimate of drug-likeness (QED) is 0.909. The van der Waals surface area contributed by atoms with Crippen LogP contribution in [0.15, 0.2) is 24.3 Å². The summed E-state index contributed by atoms with van der Waals surface area (Å²) in [5.41, 5.74) is 1.71. The molecule has 25 heavy (non-hydrogen) atoms. The molecule has 1 aromatic carbocycles.